The van der Waals surface area contributed by atoms with Gasteiger partial charge in [0.15, 0.2) is 0 Å². The van der Waals surface area contributed by atoms with Crippen LogP contribution in [0.15, 0.2) is 36.4 Å². The number of amides is 1. The molecule has 6 nitrogen and oxygen atoms in total. The van der Waals surface area contributed by atoms with Gasteiger partial charge in [-0.25, -0.2) is 0 Å². The fraction of sp³-hybridized carbons (Fsp3) is 0.500. The van der Waals surface area contributed by atoms with Crippen molar-refractivity contribution in [2.75, 3.05) is 13.2 Å². The van der Waals surface area contributed by atoms with Crippen molar-refractivity contribution in [3.05, 3.63) is 53.3 Å². The highest BCUT2D eigenvalue weighted by Crippen LogP contribution is 2.15. The Morgan fingerprint density at radius 2 is 2.19 bits per heavy atom. The quantitative estimate of drug-likeness (QED) is 0.827. The Bertz CT molecular complexity index is 714. The highest BCUT2D eigenvalue weighted by Gasteiger charge is 2.29. The predicted molar refractivity (Wildman–Crippen MR) is 98.9 cm³/mol. The number of benzene rings is 1. The minimum Gasteiger partial charge on any atom is -0.379 e. The predicted octanol–water partition coefficient (Wildman–Crippen LogP) is 2.48. The van der Waals surface area contributed by atoms with Gasteiger partial charge in [0.2, 0.25) is 0 Å². The average molecular weight is 357 g/mol. The second-order valence-corrected chi connectivity index (χ2v) is 6.67. The summed E-state index contributed by atoms with van der Waals surface area (Å²) in [5.74, 6) is -0.109. The molecule has 0 radical (unpaired) electrons. The van der Waals surface area contributed by atoms with Gasteiger partial charge >= 0.3 is 0 Å². The molecule has 1 fully saturated rings. The van der Waals surface area contributed by atoms with Gasteiger partial charge in [-0.15, -0.1) is 0 Å². The molecule has 2 heterocycles. The molecule has 0 spiro atoms. The molecule has 1 amide bonds. The number of hydrogen-bond acceptors (Lipinski definition) is 4. The Hall–Kier alpha value is -2.18. The normalized spacial score (nSPS) is 20.1. The third-order valence-corrected chi connectivity index (χ3v) is 4.60. The molecule has 0 bridgehead atoms. The number of aromatic nitrogens is 2. The van der Waals surface area contributed by atoms with Crippen LogP contribution in [0.3, 0.4) is 0 Å². The number of carbonyl (C=O) groups excluding carboxylic acids is 1. The molecule has 26 heavy (non-hydrogen) atoms. The summed E-state index contributed by atoms with van der Waals surface area (Å²) in [6, 6.07) is 11.8. The maximum absolute atomic E-state index is 12.7. The first-order valence-electron chi connectivity index (χ1n) is 9.24. The van der Waals surface area contributed by atoms with Crippen molar-refractivity contribution >= 4 is 5.91 Å². The molecule has 1 N–H and O–H groups in total. The molecule has 1 aromatic heterocycles. The van der Waals surface area contributed by atoms with Gasteiger partial charge in [0, 0.05) is 13.7 Å². The first-order valence-corrected chi connectivity index (χ1v) is 9.24. The number of aryl methyl sites for hydroxylation is 2. The van der Waals surface area contributed by atoms with Crippen molar-refractivity contribution in [3.63, 3.8) is 0 Å². The minimum absolute atomic E-state index is 0.0653. The van der Waals surface area contributed by atoms with Crippen LogP contribution in [0.2, 0.25) is 0 Å². The van der Waals surface area contributed by atoms with E-state index in [1.165, 1.54) is 0 Å². The van der Waals surface area contributed by atoms with Crippen LogP contribution in [-0.4, -0.2) is 41.0 Å². The Labute approximate surface area is 154 Å². The van der Waals surface area contributed by atoms with Crippen molar-refractivity contribution in [3.8, 4) is 0 Å². The Kier molecular flexibility index (Phi) is 6.41. The molecular weight excluding hydrogens is 330 g/mol. The van der Waals surface area contributed by atoms with E-state index in [0.29, 0.717) is 25.5 Å². The Morgan fingerprint density at radius 3 is 2.96 bits per heavy atom. The molecule has 1 aliphatic heterocycles. The number of nitrogens with one attached hydrogen (secondary N) is 1. The third-order valence-electron chi connectivity index (χ3n) is 4.60. The highest BCUT2D eigenvalue weighted by atomic mass is 16.5. The van der Waals surface area contributed by atoms with Crippen molar-refractivity contribution in [2.24, 2.45) is 7.05 Å². The van der Waals surface area contributed by atoms with Crippen LogP contribution in [0.25, 0.3) is 0 Å². The summed E-state index contributed by atoms with van der Waals surface area (Å²) in [6.07, 6.45) is 2.47. The minimum atomic E-state index is -0.156. The van der Waals surface area contributed by atoms with Gasteiger partial charge in [0.05, 0.1) is 24.9 Å². The number of hydrogen-bond donors (Lipinski definition) is 1. The van der Waals surface area contributed by atoms with E-state index >= 15 is 0 Å². The lowest BCUT2D eigenvalue weighted by Crippen LogP contribution is -2.50. The summed E-state index contributed by atoms with van der Waals surface area (Å²) >= 11 is 0. The molecule has 6 heteroatoms. The zero-order valence-electron chi connectivity index (χ0n) is 15.5. The fourth-order valence-electron chi connectivity index (χ4n) is 3.18. The SMILES string of the molecule is CCCc1cc(C(=O)N[C@@H]2CCOC[C@H]2OCc2ccccc2)n(C)n1. The Morgan fingerprint density at radius 1 is 1.38 bits per heavy atom. The topological polar surface area (TPSA) is 65.4 Å². The molecule has 1 saturated heterocycles. The van der Waals surface area contributed by atoms with Crippen molar-refractivity contribution < 1.29 is 14.3 Å². The highest BCUT2D eigenvalue weighted by molar-refractivity contribution is 5.92. The maximum atomic E-state index is 12.7. The lowest BCUT2D eigenvalue weighted by Gasteiger charge is -2.32. The zero-order valence-corrected chi connectivity index (χ0v) is 15.5. The average Bonchev–Trinajstić information content (AvgIpc) is 3.02. The monoisotopic (exact) mass is 357 g/mol. The van der Waals surface area contributed by atoms with E-state index in [2.05, 4.69) is 17.3 Å². The van der Waals surface area contributed by atoms with Gasteiger partial charge in [-0.3, -0.25) is 9.48 Å². The second-order valence-electron chi connectivity index (χ2n) is 6.67. The van der Waals surface area contributed by atoms with Crippen molar-refractivity contribution in [2.45, 2.75) is 44.9 Å². The van der Waals surface area contributed by atoms with Crippen LogP contribution in [0, 0.1) is 0 Å². The van der Waals surface area contributed by atoms with E-state index in [4.69, 9.17) is 9.47 Å². The summed E-state index contributed by atoms with van der Waals surface area (Å²) in [5.41, 5.74) is 2.64. The number of rotatable bonds is 7. The third kappa shape index (κ3) is 4.71. The first-order chi connectivity index (χ1) is 12.7. The number of ether oxygens (including phenoxy) is 2. The largest absolute Gasteiger partial charge is 0.379 e. The first kappa shape index (κ1) is 18.6. The van der Waals surface area contributed by atoms with Crippen molar-refractivity contribution in [1.29, 1.82) is 0 Å². The molecule has 2 aromatic rings. The summed E-state index contributed by atoms with van der Waals surface area (Å²) in [6.45, 7) is 3.73. The van der Waals surface area contributed by atoms with Crippen LogP contribution in [0.4, 0.5) is 0 Å². The van der Waals surface area contributed by atoms with E-state index in [0.717, 1.165) is 30.5 Å². The van der Waals surface area contributed by atoms with Crippen molar-refractivity contribution in [1.82, 2.24) is 15.1 Å². The van der Waals surface area contributed by atoms with Crippen LogP contribution < -0.4 is 5.32 Å². The lowest BCUT2D eigenvalue weighted by atomic mass is 10.1. The van der Waals surface area contributed by atoms with Gasteiger partial charge in [-0.1, -0.05) is 43.7 Å². The Balaban J connectivity index is 1.61. The molecule has 140 valence electrons. The van der Waals surface area contributed by atoms with E-state index < -0.39 is 0 Å². The fourth-order valence-corrected chi connectivity index (χ4v) is 3.18. The van der Waals surface area contributed by atoms with E-state index in [-0.39, 0.29) is 18.1 Å². The van der Waals surface area contributed by atoms with E-state index in [9.17, 15) is 4.79 Å². The molecule has 1 aliphatic rings. The molecule has 0 saturated carbocycles. The van der Waals surface area contributed by atoms with Gasteiger partial charge < -0.3 is 14.8 Å². The van der Waals surface area contributed by atoms with Gasteiger partial charge in [-0.2, -0.15) is 5.10 Å². The zero-order chi connectivity index (χ0) is 18.4. The van der Waals surface area contributed by atoms with Crippen LogP contribution in [0.5, 0.6) is 0 Å². The standard InChI is InChI=1S/C20H27N3O3/c1-3-7-16-12-18(23(2)22-16)20(24)21-17-10-11-25-14-19(17)26-13-15-8-5-4-6-9-15/h4-6,8-9,12,17,19H,3,7,10-11,13-14H2,1-2H3,(H,21,24)/t17-,19-/m1/s1. The molecule has 2 atom stereocenters. The molecule has 0 unspecified atom stereocenters. The molecule has 1 aromatic carbocycles. The molecular formula is C20H27N3O3. The van der Waals surface area contributed by atoms with Gasteiger partial charge in [-0.05, 0) is 24.5 Å². The van der Waals surface area contributed by atoms with Gasteiger partial charge in [0.25, 0.3) is 5.91 Å². The number of carbonyl (C=O) groups is 1. The van der Waals surface area contributed by atoms with E-state index in [1.54, 1.807) is 11.7 Å². The van der Waals surface area contributed by atoms with Crippen LogP contribution in [0.1, 0.15) is 41.5 Å². The summed E-state index contributed by atoms with van der Waals surface area (Å²) < 4.78 is 13.2. The summed E-state index contributed by atoms with van der Waals surface area (Å²) in [7, 11) is 1.81. The lowest BCUT2D eigenvalue weighted by molar-refractivity contribution is -0.0736. The molecule has 0 aliphatic carbocycles. The van der Waals surface area contributed by atoms with Crippen LogP contribution >= 0.6 is 0 Å². The second kappa shape index (κ2) is 8.96. The maximum Gasteiger partial charge on any atom is 0.269 e. The van der Waals surface area contributed by atoms with Gasteiger partial charge in [0.1, 0.15) is 11.8 Å². The summed E-state index contributed by atoms with van der Waals surface area (Å²) in [4.78, 5) is 12.7. The van der Waals surface area contributed by atoms with E-state index in [1.807, 2.05) is 36.4 Å². The number of nitrogens with zero attached hydrogens (tertiary/aromatic N) is 2. The molecule has 3 rings (SSSR count). The summed E-state index contributed by atoms with van der Waals surface area (Å²) in [5, 5.41) is 7.52. The van der Waals surface area contributed by atoms with Crippen LogP contribution in [-0.2, 0) is 29.5 Å². The smallest absolute Gasteiger partial charge is 0.269 e.